The highest BCUT2D eigenvalue weighted by Crippen LogP contribution is 2.18. The lowest BCUT2D eigenvalue weighted by atomic mass is 10.1. The zero-order chi connectivity index (χ0) is 27.1. The van der Waals surface area contributed by atoms with Gasteiger partial charge in [0.15, 0.2) is 0 Å². The van der Waals surface area contributed by atoms with Crippen LogP contribution in [-0.2, 0) is 26.0 Å². The Morgan fingerprint density at radius 1 is 1.05 bits per heavy atom. The molecule has 9 nitrogen and oxygen atoms in total. The fraction of sp³-hybridized carbons (Fsp3) is 0.370. The van der Waals surface area contributed by atoms with Gasteiger partial charge in [-0.15, -0.1) is 0 Å². The third-order valence-corrected chi connectivity index (χ3v) is 7.01. The van der Waals surface area contributed by atoms with Crippen LogP contribution in [0, 0.1) is 0 Å². The van der Waals surface area contributed by atoms with E-state index < -0.39 is 27.8 Å². The van der Waals surface area contributed by atoms with Gasteiger partial charge in [0.05, 0.1) is 4.90 Å². The van der Waals surface area contributed by atoms with Gasteiger partial charge >= 0.3 is 6.09 Å². The van der Waals surface area contributed by atoms with Crippen molar-refractivity contribution in [3.05, 3.63) is 72.6 Å². The molecule has 0 bridgehead atoms. The van der Waals surface area contributed by atoms with E-state index in [1.807, 2.05) is 30.3 Å². The van der Waals surface area contributed by atoms with Crippen LogP contribution < -0.4 is 10.0 Å². The average molecular weight is 527 g/mol. The predicted molar refractivity (Wildman–Crippen MR) is 142 cm³/mol. The Labute approximate surface area is 218 Å². The molecule has 37 heavy (non-hydrogen) atoms. The van der Waals surface area contributed by atoms with Crippen molar-refractivity contribution in [1.29, 1.82) is 0 Å². The molecule has 1 atom stereocenters. The summed E-state index contributed by atoms with van der Waals surface area (Å²) < 4.78 is 34.0. The van der Waals surface area contributed by atoms with Crippen molar-refractivity contribution >= 4 is 32.8 Å². The second kappa shape index (κ2) is 12.2. The van der Waals surface area contributed by atoms with E-state index in [0.29, 0.717) is 13.0 Å². The Morgan fingerprint density at radius 2 is 1.78 bits per heavy atom. The summed E-state index contributed by atoms with van der Waals surface area (Å²) in [5, 5.41) is 4.09. The summed E-state index contributed by atoms with van der Waals surface area (Å²) in [4.78, 5) is 30.8. The fourth-order valence-corrected chi connectivity index (χ4v) is 5.00. The number of fused-ring (bicyclic) bond motifs is 1. The van der Waals surface area contributed by atoms with Gasteiger partial charge in [-0.25, -0.2) is 17.9 Å². The van der Waals surface area contributed by atoms with E-state index in [1.54, 1.807) is 63.2 Å². The second-order valence-electron chi connectivity index (χ2n) is 9.84. The molecule has 10 heteroatoms. The van der Waals surface area contributed by atoms with Crippen LogP contribution in [0.25, 0.3) is 10.8 Å². The van der Waals surface area contributed by atoms with Crippen molar-refractivity contribution in [2.75, 3.05) is 19.6 Å². The number of hydrogen-bond acceptors (Lipinski definition) is 6. The topological polar surface area (TPSA) is 118 Å². The maximum Gasteiger partial charge on any atom is 0.408 e. The SMILES string of the molecule is C[C@H](CN(CCc1ccccc1)C(=O)CNC(=O)OC(C)(C)C)NS(=O)(=O)c1ccc2cnccc2c1. The number of nitrogens with one attached hydrogen (secondary N) is 2. The van der Waals surface area contributed by atoms with Crippen molar-refractivity contribution in [3.63, 3.8) is 0 Å². The van der Waals surface area contributed by atoms with Gasteiger partial charge in [-0.1, -0.05) is 36.4 Å². The zero-order valence-corrected chi connectivity index (χ0v) is 22.4. The minimum atomic E-state index is -3.83. The molecule has 0 saturated heterocycles. The molecule has 0 radical (unpaired) electrons. The quantitative estimate of drug-likeness (QED) is 0.418. The number of hydrogen-bond donors (Lipinski definition) is 2. The summed E-state index contributed by atoms with van der Waals surface area (Å²) in [6.45, 7) is 7.13. The molecule has 1 aromatic heterocycles. The molecule has 0 fully saturated rings. The highest BCUT2D eigenvalue weighted by Gasteiger charge is 2.23. The van der Waals surface area contributed by atoms with Gasteiger partial charge in [-0.3, -0.25) is 9.78 Å². The Hall–Kier alpha value is -3.50. The number of rotatable bonds is 10. The first-order chi connectivity index (χ1) is 17.4. The van der Waals surface area contributed by atoms with Gasteiger partial charge < -0.3 is 15.0 Å². The van der Waals surface area contributed by atoms with Crippen LogP contribution in [0.2, 0.25) is 0 Å². The largest absolute Gasteiger partial charge is 0.444 e. The van der Waals surface area contributed by atoms with E-state index in [9.17, 15) is 18.0 Å². The van der Waals surface area contributed by atoms with Gasteiger partial charge in [-0.2, -0.15) is 0 Å². The van der Waals surface area contributed by atoms with E-state index in [4.69, 9.17) is 4.74 Å². The number of alkyl carbamates (subject to hydrolysis) is 1. The monoisotopic (exact) mass is 526 g/mol. The number of pyridine rings is 1. The molecule has 0 aliphatic heterocycles. The summed E-state index contributed by atoms with van der Waals surface area (Å²) >= 11 is 0. The standard InChI is InChI=1S/C27H34N4O5S/c1-20(30-37(34,35)24-11-10-23-17-28-14-12-22(23)16-24)19-31(15-13-21-8-6-5-7-9-21)25(32)18-29-26(33)36-27(2,3)4/h5-12,14,16-17,20,30H,13,15,18-19H2,1-4H3,(H,29,33)/t20-/m1/s1. The molecule has 0 unspecified atom stereocenters. The minimum absolute atomic E-state index is 0.123. The molecule has 0 aliphatic rings. The van der Waals surface area contributed by atoms with Crippen LogP contribution in [-0.4, -0.2) is 61.6 Å². The zero-order valence-electron chi connectivity index (χ0n) is 21.6. The third-order valence-electron chi connectivity index (χ3n) is 5.42. The van der Waals surface area contributed by atoms with Gasteiger partial charge in [-0.05, 0) is 63.3 Å². The Morgan fingerprint density at radius 3 is 2.49 bits per heavy atom. The van der Waals surface area contributed by atoms with Crippen LogP contribution in [0.3, 0.4) is 0 Å². The highest BCUT2D eigenvalue weighted by atomic mass is 32.2. The smallest absolute Gasteiger partial charge is 0.408 e. The maximum atomic E-state index is 13.1. The summed E-state index contributed by atoms with van der Waals surface area (Å²) in [6, 6.07) is 15.7. The number of ether oxygens (including phenoxy) is 1. The number of nitrogens with zero attached hydrogens (tertiary/aromatic N) is 2. The molecule has 3 aromatic rings. The average Bonchev–Trinajstić information content (AvgIpc) is 2.84. The van der Waals surface area contributed by atoms with Crippen molar-refractivity contribution in [3.8, 4) is 0 Å². The summed E-state index contributed by atoms with van der Waals surface area (Å²) in [5.74, 6) is -0.342. The summed E-state index contributed by atoms with van der Waals surface area (Å²) in [7, 11) is -3.83. The Kier molecular flexibility index (Phi) is 9.23. The first kappa shape index (κ1) is 28.1. The lowest BCUT2D eigenvalue weighted by Crippen LogP contribution is -2.48. The number of aromatic nitrogens is 1. The van der Waals surface area contributed by atoms with E-state index >= 15 is 0 Å². The molecule has 0 spiro atoms. The molecule has 2 aromatic carbocycles. The molecule has 0 aliphatic carbocycles. The number of benzene rings is 2. The molecule has 2 amide bonds. The first-order valence-corrected chi connectivity index (χ1v) is 13.6. The molecular weight excluding hydrogens is 492 g/mol. The minimum Gasteiger partial charge on any atom is -0.444 e. The van der Waals surface area contributed by atoms with Crippen LogP contribution in [0.5, 0.6) is 0 Å². The van der Waals surface area contributed by atoms with Gasteiger partial charge in [0.2, 0.25) is 15.9 Å². The van der Waals surface area contributed by atoms with Crippen molar-refractivity contribution in [2.45, 2.75) is 50.7 Å². The van der Waals surface area contributed by atoms with E-state index in [0.717, 1.165) is 16.3 Å². The normalized spacial score (nSPS) is 12.6. The molecule has 0 saturated carbocycles. The lowest BCUT2D eigenvalue weighted by molar-refractivity contribution is -0.130. The fourth-order valence-electron chi connectivity index (χ4n) is 3.73. The Bertz CT molecular complexity index is 1320. The van der Waals surface area contributed by atoms with Crippen molar-refractivity contribution < 1.29 is 22.7 Å². The van der Waals surface area contributed by atoms with Crippen molar-refractivity contribution in [1.82, 2.24) is 19.9 Å². The van der Waals surface area contributed by atoms with Crippen LogP contribution >= 0.6 is 0 Å². The number of carbonyl (C=O) groups is 2. The van der Waals surface area contributed by atoms with Crippen LogP contribution in [0.1, 0.15) is 33.3 Å². The molecule has 3 rings (SSSR count). The highest BCUT2D eigenvalue weighted by molar-refractivity contribution is 7.89. The molecule has 2 N–H and O–H groups in total. The third kappa shape index (κ3) is 8.83. The lowest BCUT2D eigenvalue weighted by Gasteiger charge is -2.27. The first-order valence-electron chi connectivity index (χ1n) is 12.1. The predicted octanol–water partition coefficient (Wildman–Crippen LogP) is 3.50. The van der Waals surface area contributed by atoms with Crippen LogP contribution in [0.15, 0.2) is 71.9 Å². The van der Waals surface area contributed by atoms with E-state index in [1.165, 1.54) is 6.07 Å². The molecule has 1 heterocycles. The number of sulfonamides is 1. The number of amides is 2. The second-order valence-corrected chi connectivity index (χ2v) is 11.6. The maximum absolute atomic E-state index is 13.1. The summed E-state index contributed by atoms with van der Waals surface area (Å²) in [5.41, 5.74) is 0.353. The molecular formula is C27H34N4O5S. The van der Waals surface area contributed by atoms with Gasteiger partial charge in [0.1, 0.15) is 12.1 Å². The van der Waals surface area contributed by atoms with Gasteiger partial charge in [0.25, 0.3) is 0 Å². The van der Waals surface area contributed by atoms with Gasteiger partial charge in [0, 0.05) is 36.9 Å². The summed E-state index contributed by atoms with van der Waals surface area (Å²) in [6.07, 6.45) is 3.17. The van der Waals surface area contributed by atoms with Crippen LogP contribution in [0.4, 0.5) is 4.79 Å². The van der Waals surface area contributed by atoms with Crippen molar-refractivity contribution in [2.24, 2.45) is 0 Å². The molecule has 198 valence electrons. The van der Waals surface area contributed by atoms with E-state index in [2.05, 4.69) is 15.0 Å². The Balaban J connectivity index is 1.68. The van der Waals surface area contributed by atoms with E-state index in [-0.39, 0.29) is 23.9 Å². The number of carbonyl (C=O) groups excluding carboxylic acids is 2.